The Morgan fingerprint density at radius 1 is 1.05 bits per heavy atom. The van der Waals surface area contributed by atoms with Crippen molar-refractivity contribution < 1.29 is 33.0 Å². The number of hydrogen-bond donors (Lipinski definition) is 3. The number of fused-ring (bicyclic) bond motifs is 2. The smallest absolute Gasteiger partial charge is 0.414 e. The van der Waals surface area contributed by atoms with Crippen molar-refractivity contribution in [2.45, 2.75) is 30.7 Å². The number of halogens is 1. The second-order valence-corrected chi connectivity index (χ2v) is 12.1. The van der Waals surface area contributed by atoms with Crippen LogP contribution < -0.4 is 4.74 Å². The van der Waals surface area contributed by atoms with E-state index < -0.39 is 21.8 Å². The highest BCUT2D eigenvalue weighted by Gasteiger charge is 2.26. The highest BCUT2D eigenvalue weighted by Crippen LogP contribution is 2.39. The molecule has 4 aromatic rings. The summed E-state index contributed by atoms with van der Waals surface area (Å²) in [5.74, 6) is -3.17. The first-order valence-electron chi connectivity index (χ1n) is 11.8. The lowest BCUT2D eigenvalue weighted by Crippen LogP contribution is -2.28. The number of nitrogens with zero attached hydrogens (tertiary/aromatic N) is 1. The Bertz CT molecular complexity index is 1540. The van der Waals surface area contributed by atoms with Crippen LogP contribution in [0.4, 0.5) is 0 Å². The zero-order valence-electron chi connectivity index (χ0n) is 21.2. The number of aromatic nitrogens is 1. The molecule has 4 rings (SSSR count). The minimum absolute atomic E-state index is 0.149. The van der Waals surface area contributed by atoms with E-state index in [0.29, 0.717) is 27.3 Å². The average Bonchev–Trinajstić information content (AvgIpc) is 3.39. The van der Waals surface area contributed by atoms with Crippen molar-refractivity contribution in [1.29, 1.82) is 0 Å². The van der Waals surface area contributed by atoms with E-state index in [-0.39, 0.29) is 5.75 Å². The highest BCUT2D eigenvalue weighted by molar-refractivity contribution is 7.93. The van der Waals surface area contributed by atoms with Gasteiger partial charge in [0.1, 0.15) is 16.6 Å². The molecule has 204 valence electrons. The Morgan fingerprint density at radius 2 is 1.71 bits per heavy atom. The summed E-state index contributed by atoms with van der Waals surface area (Å²) in [7, 11) is -3.59. The van der Waals surface area contributed by atoms with E-state index in [1.54, 1.807) is 6.07 Å². The molecule has 0 saturated heterocycles. The number of H-pyrrole nitrogens is 1. The monoisotopic (exact) mass is 580 g/mol. The first-order chi connectivity index (χ1) is 18.0. The van der Waals surface area contributed by atoms with Crippen LogP contribution in [0, 0.1) is 6.92 Å². The number of hydrogen-bond acceptors (Lipinski definition) is 7. The average molecular weight is 581 g/mol. The van der Waals surface area contributed by atoms with Crippen LogP contribution in [0.5, 0.6) is 5.75 Å². The Morgan fingerprint density at radius 3 is 2.34 bits per heavy atom. The number of carboxylic acid groups (broad SMARTS) is 2. The number of carboxylic acids is 2. The van der Waals surface area contributed by atoms with Gasteiger partial charge in [-0.25, -0.2) is 18.0 Å². The lowest BCUT2D eigenvalue weighted by atomic mass is 10.2. The standard InChI is InChI=1S/C24H27ClN2O3S2.C2H2O4/c1-4-27(5-2)12-13-30-23-18-8-6-7-9-20(18)26-21(23)15-32(28,29)24-16(3)19-14-17(25)10-11-22(19)31-24;3-1(4)2(5)6/h6-11,14,26H,4-5,12-13,15H2,1-3H3;(H,3,4)(H,5,6). The van der Waals surface area contributed by atoms with Gasteiger partial charge >= 0.3 is 11.9 Å². The number of para-hydroxylation sites is 1. The molecule has 0 aliphatic rings. The maximum absolute atomic E-state index is 13.5. The van der Waals surface area contributed by atoms with Gasteiger partial charge in [-0.2, -0.15) is 0 Å². The van der Waals surface area contributed by atoms with Crippen LogP contribution in [0.1, 0.15) is 25.1 Å². The van der Waals surface area contributed by atoms with E-state index >= 15 is 0 Å². The van der Waals surface area contributed by atoms with Crippen molar-refractivity contribution in [3.8, 4) is 5.75 Å². The Labute approximate surface area is 229 Å². The van der Waals surface area contributed by atoms with E-state index in [1.807, 2.05) is 43.3 Å². The van der Waals surface area contributed by atoms with Crippen LogP contribution in [0.2, 0.25) is 5.02 Å². The summed E-state index contributed by atoms with van der Waals surface area (Å²) in [5.41, 5.74) is 2.20. The van der Waals surface area contributed by atoms with Crippen molar-refractivity contribution in [3.63, 3.8) is 0 Å². The number of ether oxygens (including phenoxy) is 1. The highest BCUT2D eigenvalue weighted by atomic mass is 35.5. The SMILES string of the molecule is CCN(CC)CCOc1c(CS(=O)(=O)c2sc3ccc(Cl)cc3c2C)[nH]c2ccccc12.O=C(O)C(=O)O. The summed E-state index contributed by atoms with van der Waals surface area (Å²) < 4.78 is 34.4. The molecule has 3 N–H and O–H groups in total. The van der Waals surface area contributed by atoms with Crippen LogP contribution in [0.3, 0.4) is 0 Å². The van der Waals surface area contributed by atoms with E-state index in [2.05, 4.69) is 23.7 Å². The molecule has 0 amide bonds. The fourth-order valence-corrected chi connectivity index (χ4v) is 7.32. The van der Waals surface area contributed by atoms with Crippen molar-refractivity contribution in [2.75, 3.05) is 26.2 Å². The number of nitrogens with one attached hydrogen (secondary N) is 1. The molecule has 0 aliphatic heterocycles. The third-order valence-corrected chi connectivity index (χ3v) is 9.79. The van der Waals surface area contributed by atoms with Gasteiger partial charge in [0, 0.05) is 27.2 Å². The Balaban J connectivity index is 0.000000599. The molecule has 2 aromatic heterocycles. The first-order valence-corrected chi connectivity index (χ1v) is 14.7. The van der Waals surface area contributed by atoms with Gasteiger partial charge in [-0.1, -0.05) is 37.6 Å². The third-order valence-electron chi connectivity index (χ3n) is 5.93. The van der Waals surface area contributed by atoms with E-state index in [1.165, 1.54) is 11.3 Å². The van der Waals surface area contributed by atoms with Crippen LogP contribution in [-0.2, 0) is 25.2 Å². The van der Waals surface area contributed by atoms with Gasteiger partial charge in [-0.3, -0.25) is 0 Å². The quantitative estimate of drug-likeness (QED) is 0.230. The molecule has 0 fully saturated rings. The molecule has 2 heterocycles. The Kier molecular flexibility index (Phi) is 9.77. The van der Waals surface area contributed by atoms with Gasteiger partial charge < -0.3 is 24.8 Å². The second-order valence-electron chi connectivity index (χ2n) is 8.38. The zero-order chi connectivity index (χ0) is 28.0. The molecule has 2 aromatic carbocycles. The summed E-state index contributed by atoms with van der Waals surface area (Å²) in [6, 6.07) is 13.3. The largest absolute Gasteiger partial charge is 0.490 e. The minimum atomic E-state index is -3.59. The topological polar surface area (TPSA) is 137 Å². The number of sulfone groups is 1. The van der Waals surface area contributed by atoms with Gasteiger partial charge in [-0.05, 0) is 61.3 Å². The summed E-state index contributed by atoms with van der Waals surface area (Å²) in [6.45, 7) is 9.26. The molecule has 38 heavy (non-hydrogen) atoms. The summed E-state index contributed by atoms with van der Waals surface area (Å²) in [6.07, 6.45) is 0. The molecule has 0 unspecified atom stereocenters. The van der Waals surface area contributed by atoms with E-state index in [4.69, 9.17) is 36.1 Å². The lowest BCUT2D eigenvalue weighted by Gasteiger charge is -2.18. The molecular weight excluding hydrogens is 552 g/mol. The molecule has 0 atom stereocenters. The zero-order valence-corrected chi connectivity index (χ0v) is 23.5. The molecule has 0 radical (unpaired) electrons. The normalized spacial score (nSPS) is 11.5. The number of carbonyl (C=O) groups is 2. The number of rotatable bonds is 9. The predicted octanol–water partition coefficient (Wildman–Crippen LogP) is 5.19. The molecule has 9 nitrogen and oxygen atoms in total. The van der Waals surface area contributed by atoms with Crippen molar-refractivity contribution >= 4 is 65.7 Å². The van der Waals surface area contributed by atoms with Crippen LogP contribution in [-0.4, -0.2) is 66.7 Å². The van der Waals surface area contributed by atoms with Crippen molar-refractivity contribution in [2.24, 2.45) is 0 Å². The molecule has 0 bridgehead atoms. The number of aromatic amines is 1. The van der Waals surface area contributed by atoms with E-state index in [9.17, 15) is 8.42 Å². The van der Waals surface area contributed by atoms with Crippen LogP contribution in [0.15, 0.2) is 46.7 Å². The number of likely N-dealkylation sites (N-methyl/N-ethyl adjacent to an activating group) is 1. The fraction of sp³-hybridized carbons (Fsp3) is 0.308. The predicted molar refractivity (Wildman–Crippen MR) is 149 cm³/mol. The Hall–Kier alpha value is -3.12. The molecular formula is C26H29ClN2O7S2. The number of aliphatic carboxylic acids is 2. The van der Waals surface area contributed by atoms with Gasteiger partial charge in [0.2, 0.25) is 0 Å². The first kappa shape index (κ1) is 29.4. The maximum Gasteiger partial charge on any atom is 0.414 e. The van der Waals surface area contributed by atoms with Gasteiger partial charge in [0.05, 0.1) is 11.4 Å². The molecule has 12 heteroatoms. The summed E-state index contributed by atoms with van der Waals surface area (Å²) in [5, 5.41) is 17.2. The van der Waals surface area contributed by atoms with Crippen LogP contribution in [0.25, 0.3) is 21.0 Å². The summed E-state index contributed by atoms with van der Waals surface area (Å²) in [4.78, 5) is 23.8. The van der Waals surface area contributed by atoms with Gasteiger partial charge in [0.25, 0.3) is 0 Å². The third kappa shape index (κ3) is 6.84. The number of benzene rings is 2. The fourth-order valence-electron chi connectivity index (χ4n) is 3.98. The molecule has 0 aliphatic carbocycles. The molecule has 0 spiro atoms. The van der Waals surface area contributed by atoms with Gasteiger partial charge in [-0.15, -0.1) is 11.3 Å². The molecule has 0 saturated carbocycles. The van der Waals surface area contributed by atoms with Crippen LogP contribution >= 0.6 is 22.9 Å². The lowest BCUT2D eigenvalue weighted by molar-refractivity contribution is -0.159. The maximum atomic E-state index is 13.5. The van der Waals surface area contributed by atoms with Gasteiger partial charge in [0.15, 0.2) is 9.84 Å². The van der Waals surface area contributed by atoms with Crippen molar-refractivity contribution in [3.05, 3.63) is 58.7 Å². The number of aryl methyl sites for hydroxylation is 1. The summed E-state index contributed by atoms with van der Waals surface area (Å²) >= 11 is 7.42. The van der Waals surface area contributed by atoms with E-state index in [0.717, 1.165) is 46.2 Å². The van der Waals surface area contributed by atoms with Crippen molar-refractivity contribution in [1.82, 2.24) is 9.88 Å². The number of thiophene rings is 1. The second kappa shape index (κ2) is 12.6. The minimum Gasteiger partial charge on any atom is -0.490 e.